The molecular weight excluding hydrogens is 614 g/mol. The summed E-state index contributed by atoms with van der Waals surface area (Å²) in [5.74, 6) is -3.40. The van der Waals surface area contributed by atoms with Gasteiger partial charge in [-0.25, -0.2) is 26.0 Å². The van der Waals surface area contributed by atoms with Gasteiger partial charge in [0.2, 0.25) is 0 Å². The molecule has 4 aliphatic rings. The van der Waals surface area contributed by atoms with Gasteiger partial charge in [-0.15, -0.1) is 0 Å². The van der Waals surface area contributed by atoms with Crippen LogP contribution in [0.5, 0.6) is 11.8 Å². The molecule has 6 heterocycles. The summed E-state index contributed by atoms with van der Waals surface area (Å²) in [6, 6.07) is 4.37. The smallest absolute Gasteiger partial charge is 0.319 e. The zero-order valence-corrected chi connectivity index (χ0v) is 24.8. The number of hydrogen-bond donors (Lipinski definition) is 1. The molecule has 1 N–H and O–H groups in total. The maximum Gasteiger partial charge on any atom is 0.319 e. The van der Waals surface area contributed by atoms with E-state index in [1.165, 1.54) is 18.3 Å². The first-order valence-electron chi connectivity index (χ1n) is 15.0. The van der Waals surface area contributed by atoms with Crippen LogP contribution >= 0.6 is 0 Å². The van der Waals surface area contributed by atoms with Gasteiger partial charge in [-0.05, 0) is 55.8 Å². The topological polar surface area (TPSA) is 109 Å². The Morgan fingerprint density at radius 2 is 1.82 bits per heavy atom. The predicted octanol–water partition coefficient (Wildman–Crippen LogP) is 4.69. The van der Waals surface area contributed by atoms with Crippen molar-refractivity contribution < 1.29 is 35.8 Å². The van der Waals surface area contributed by atoms with E-state index in [9.17, 15) is 22.3 Å². The molecule has 4 aliphatic heterocycles. The van der Waals surface area contributed by atoms with Crippen molar-refractivity contribution in [3.8, 4) is 23.0 Å². The second-order valence-corrected chi connectivity index (χ2v) is 15.2. The SMILES string of the molecule is O=S1(=O)[C@@H]2CC[C@H]1CN(c1nc(OC[C@@]34CCCN3C[C@H](F)C4)nc3c(F)c(-c4cc(O)cc5ccc(F)c(F)c45)ncc13)C2. The average molecular weight is 644 g/mol. The van der Waals surface area contributed by atoms with Crippen LogP contribution in [0.25, 0.3) is 32.9 Å². The number of hydrogen-bond acceptors (Lipinski definition) is 9. The van der Waals surface area contributed by atoms with E-state index in [0.717, 1.165) is 31.5 Å². The summed E-state index contributed by atoms with van der Waals surface area (Å²) in [6.45, 7) is 1.45. The van der Waals surface area contributed by atoms with Crippen molar-refractivity contribution in [1.29, 1.82) is 0 Å². The zero-order chi connectivity index (χ0) is 31.2. The summed E-state index contributed by atoms with van der Waals surface area (Å²) < 4.78 is 92.2. The fourth-order valence-corrected chi connectivity index (χ4v) is 10.1. The van der Waals surface area contributed by atoms with Crippen molar-refractivity contribution in [1.82, 2.24) is 19.9 Å². The Morgan fingerprint density at radius 1 is 1.04 bits per heavy atom. The number of rotatable bonds is 5. The standard InChI is InChI=1S/C31H29F4N5O4S/c32-17-10-31(6-1-7-40(31)12-17)15-44-30-37-28-22(29(38-30)39-13-19-3-4-20(14-39)45(19,42)43)11-36-27(26(28)35)21-9-18(41)8-16-2-5-23(33)25(34)24(16)21/h2,5,8-9,11,17,19-20,41H,1,3-4,6-7,10,12-15H2/t17-,19-,20+,31+/m1/s1. The van der Waals surface area contributed by atoms with Crippen molar-refractivity contribution in [2.75, 3.05) is 37.7 Å². The second-order valence-electron chi connectivity index (χ2n) is 12.6. The monoisotopic (exact) mass is 643 g/mol. The number of halogens is 4. The minimum Gasteiger partial charge on any atom is -0.508 e. The molecular formula is C31H29F4N5O4S. The van der Waals surface area contributed by atoms with Crippen LogP contribution in [0.15, 0.2) is 30.5 Å². The third-order valence-corrected chi connectivity index (χ3v) is 12.6. The molecule has 0 aliphatic carbocycles. The molecule has 9 nitrogen and oxygen atoms in total. The van der Waals surface area contributed by atoms with Gasteiger partial charge >= 0.3 is 6.01 Å². The summed E-state index contributed by atoms with van der Waals surface area (Å²) in [7, 11) is -3.29. The Morgan fingerprint density at radius 3 is 2.60 bits per heavy atom. The lowest BCUT2D eigenvalue weighted by Crippen LogP contribution is -2.47. The highest BCUT2D eigenvalue weighted by Crippen LogP contribution is 2.42. The number of nitrogens with zero attached hydrogens (tertiary/aromatic N) is 5. The first-order valence-corrected chi connectivity index (χ1v) is 16.6. The lowest BCUT2D eigenvalue weighted by Gasteiger charge is -2.33. The Hall–Kier alpha value is -3.78. The summed E-state index contributed by atoms with van der Waals surface area (Å²) in [4.78, 5) is 17.1. The fraction of sp³-hybridized carbons (Fsp3) is 0.452. The summed E-state index contributed by atoms with van der Waals surface area (Å²) >= 11 is 0. The number of sulfone groups is 1. The third kappa shape index (κ3) is 4.43. The molecule has 0 saturated carbocycles. The van der Waals surface area contributed by atoms with Gasteiger partial charge < -0.3 is 14.7 Å². The van der Waals surface area contributed by atoms with Crippen LogP contribution in [0, 0.1) is 17.5 Å². The lowest BCUT2D eigenvalue weighted by atomic mass is 9.95. The number of alkyl halides is 1. The summed E-state index contributed by atoms with van der Waals surface area (Å²) in [5.41, 5.74) is -1.29. The maximum atomic E-state index is 16.6. The van der Waals surface area contributed by atoms with E-state index in [2.05, 4.69) is 19.9 Å². The number of benzene rings is 2. The molecule has 0 radical (unpaired) electrons. The third-order valence-electron chi connectivity index (χ3n) is 10.0. The number of aromatic hydroxyl groups is 1. The largest absolute Gasteiger partial charge is 0.508 e. The number of phenols is 1. The first-order chi connectivity index (χ1) is 21.5. The lowest BCUT2D eigenvalue weighted by molar-refractivity contribution is 0.107. The molecule has 4 fully saturated rings. The molecule has 4 atom stereocenters. The number of anilines is 1. The van der Waals surface area contributed by atoms with Gasteiger partial charge in [0.1, 0.15) is 35.6 Å². The minimum absolute atomic E-state index is 0.0826. The Kier molecular flexibility index (Phi) is 6.44. The molecule has 2 aromatic carbocycles. The van der Waals surface area contributed by atoms with Gasteiger partial charge in [0, 0.05) is 43.2 Å². The number of ether oxygens (including phenoxy) is 1. The van der Waals surface area contributed by atoms with E-state index in [0.29, 0.717) is 25.8 Å². The van der Waals surface area contributed by atoms with Crippen molar-refractivity contribution in [2.24, 2.45) is 0 Å². The van der Waals surface area contributed by atoms with Crippen molar-refractivity contribution in [3.05, 3.63) is 47.9 Å². The van der Waals surface area contributed by atoms with E-state index in [-0.39, 0.29) is 70.2 Å². The van der Waals surface area contributed by atoms with E-state index in [1.54, 1.807) is 4.90 Å². The minimum atomic E-state index is -3.29. The van der Waals surface area contributed by atoms with Crippen LogP contribution in [0.2, 0.25) is 0 Å². The molecule has 14 heteroatoms. The second kappa shape index (κ2) is 10.1. The number of pyridine rings is 1. The molecule has 2 aromatic heterocycles. The van der Waals surface area contributed by atoms with Gasteiger partial charge in [0.05, 0.1) is 21.4 Å². The van der Waals surface area contributed by atoms with Crippen LogP contribution in [0.3, 0.4) is 0 Å². The maximum absolute atomic E-state index is 16.6. The average Bonchev–Trinajstić information content (AvgIpc) is 3.53. The van der Waals surface area contributed by atoms with E-state index in [4.69, 9.17) is 4.74 Å². The van der Waals surface area contributed by atoms with Gasteiger partial charge in [0.15, 0.2) is 27.3 Å². The predicted molar refractivity (Wildman–Crippen MR) is 158 cm³/mol. The highest BCUT2D eigenvalue weighted by Gasteiger charge is 2.50. The van der Waals surface area contributed by atoms with Crippen LogP contribution in [0.1, 0.15) is 32.1 Å². The Balaban J connectivity index is 1.27. The van der Waals surface area contributed by atoms with E-state index < -0.39 is 49.5 Å². The molecule has 0 spiro atoms. The number of fused-ring (bicyclic) bond motifs is 5. The van der Waals surface area contributed by atoms with Crippen molar-refractivity contribution in [2.45, 2.75) is 54.3 Å². The van der Waals surface area contributed by atoms with Gasteiger partial charge in [-0.3, -0.25) is 9.88 Å². The van der Waals surface area contributed by atoms with E-state index in [1.807, 2.05) is 0 Å². The molecule has 2 bridgehead atoms. The van der Waals surface area contributed by atoms with Crippen LogP contribution < -0.4 is 9.64 Å². The zero-order valence-electron chi connectivity index (χ0n) is 24.0. The van der Waals surface area contributed by atoms with Crippen LogP contribution in [-0.2, 0) is 9.84 Å². The Labute approximate surface area is 255 Å². The molecule has 4 saturated heterocycles. The normalized spacial score (nSPS) is 27.5. The summed E-state index contributed by atoms with van der Waals surface area (Å²) in [6.07, 6.45) is 3.29. The van der Waals surface area contributed by atoms with Crippen molar-refractivity contribution >= 4 is 37.3 Å². The van der Waals surface area contributed by atoms with Gasteiger partial charge in [-0.2, -0.15) is 9.97 Å². The molecule has 45 heavy (non-hydrogen) atoms. The number of aromatic nitrogens is 3. The first kappa shape index (κ1) is 28.7. The highest BCUT2D eigenvalue weighted by atomic mass is 32.2. The molecule has 0 unspecified atom stereocenters. The van der Waals surface area contributed by atoms with E-state index >= 15 is 8.78 Å². The quantitative estimate of drug-likeness (QED) is 0.310. The highest BCUT2D eigenvalue weighted by molar-refractivity contribution is 7.93. The summed E-state index contributed by atoms with van der Waals surface area (Å²) in [5, 5.41) is 9.24. The van der Waals surface area contributed by atoms with Crippen LogP contribution in [-0.4, -0.2) is 88.4 Å². The molecule has 4 aromatic rings. The van der Waals surface area contributed by atoms with Gasteiger partial charge in [-0.1, -0.05) is 6.07 Å². The number of phenolic OH excluding ortho intramolecular Hbond substituents is 1. The Bertz CT molecular complexity index is 1980. The fourth-order valence-electron chi connectivity index (χ4n) is 7.83. The molecule has 0 amide bonds. The van der Waals surface area contributed by atoms with Crippen LogP contribution in [0.4, 0.5) is 23.4 Å². The molecule has 8 rings (SSSR count). The van der Waals surface area contributed by atoms with Crippen molar-refractivity contribution in [3.63, 3.8) is 0 Å². The van der Waals surface area contributed by atoms with Gasteiger partial charge in [0.25, 0.3) is 0 Å². The molecule has 236 valence electrons.